The van der Waals surface area contributed by atoms with Crippen LogP contribution in [0, 0.1) is 11.8 Å². The Bertz CT molecular complexity index is 581. The summed E-state index contributed by atoms with van der Waals surface area (Å²) in [6.45, 7) is 0.689. The minimum absolute atomic E-state index is 0.0482. The zero-order valence-electron chi connectivity index (χ0n) is 11.4. The highest BCUT2D eigenvalue weighted by atomic mass is 32.2. The minimum atomic E-state index is -2.89. The smallest absolute Gasteiger partial charge is 0.150 e. The molecule has 0 radical (unpaired) electrons. The summed E-state index contributed by atoms with van der Waals surface area (Å²) in [5, 5.41) is 9.63. The molecule has 1 aromatic carbocycles. The number of fused-ring (bicyclic) bond motifs is 1. The van der Waals surface area contributed by atoms with Crippen molar-refractivity contribution in [3.63, 3.8) is 0 Å². The van der Waals surface area contributed by atoms with Gasteiger partial charge in [0, 0.05) is 18.1 Å². The highest BCUT2D eigenvalue weighted by molar-refractivity contribution is 7.91. The maximum atomic E-state index is 11.6. The third kappa shape index (κ3) is 2.69. The summed E-state index contributed by atoms with van der Waals surface area (Å²) in [5.74, 6) is 1.84. The van der Waals surface area contributed by atoms with E-state index in [1.807, 2.05) is 18.2 Å². The van der Waals surface area contributed by atoms with E-state index in [0.717, 1.165) is 12.2 Å². The molecule has 0 saturated carbocycles. The highest BCUT2D eigenvalue weighted by Crippen LogP contribution is 2.40. The van der Waals surface area contributed by atoms with Crippen LogP contribution in [0.15, 0.2) is 24.3 Å². The topological polar surface area (TPSA) is 63.6 Å². The lowest BCUT2D eigenvalue weighted by Crippen LogP contribution is -2.23. The van der Waals surface area contributed by atoms with E-state index < -0.39 is 9.84 Å². The molecule has 2 heterocycles. The lowest BCUT2D eigenvalue weighted by molar-refractivity contribution is 0.163. The molecular weight excluding hydrogens is 276 g/mol. The molecule has 0 amide bonds. The van der Waals surface area contributed by atoms with Crippen molar-refractivity contribution < 1.29 is 18.3 Å². The molecule has 3 unspecified atom stereocenters. The van der Waals surface area contributed by atoms with E-state index in [1.165, 1.54) is 5.56 Å². The summed E-state index contributed by atoms with van der Waals surface area (Å²) >= 11 is 0. The van der Waals surface area contributed by atoms with E-state index in [9.17, 15) is 13.5 Å². The van der Waals surface area contributed by atoms with Gasteiger partial charge in [-0.25, -0.2) is 8.42 Å². The molecule has 2 aliphatic rings. The van der Waals surface area contributed by atoms with E-state index in [2.05, 4.69) is 6.07 Å². The van der Waals surface area contributed by atoms with Crippen molar-refractivity contribution in [3.8, 4) is 5.75 Å². The standard InChI is InChI=1S/C15H20O4S/c16-8-12(11-5-6-20(17,18)10-11)7-13-9-19-15-4-2-1-3-14(13)15/h1-4,11-13,16H,5-10H2. The third-order valence-electron chi connectivity index (χ3n) is 4.55. The maximum absolute atomic E-state index is 11.6. The molecule has 4 nitrogen and oxygen atoms in total. The zero-order valence-corrected chi connectivity index (χ0v) is 12.2. The van der Waals surface area contributed by atoms with Gasteiger partial charge in [0.25, 0.3) is 0 Å². The fraction of sp³-hybridized carbons (Fsp3) is 0.600. The molecule has 1 saturated heterocycles. The molecule has 0 aliphatic carbocycles. The Labute approximate surface area is 119 Å². The van der Waals surface area contributed by atoms with Gasteiger partial charge in [0.15, 0.2) is 9.84 Å². The summed E-state index contributed by atoms with van der Waals surface area (Å²) in [4.78, 5) is 0. The molecule has 1 fully saturated rings. The van der Waals surface area contributed by atoms with E-state index in [0.29, 0.717) is 13.0 Å². The molecule has 20 heavy (non-hydrogen) atoms. The van der Waals surface area contributed by atoms with E-state index in [4.69, 9.17) is 4.74 Å². The van der Waals surface area contributed by atoms with E-state index in [-0.39, 0.29) is 35.9 Å². The Morgan fingerprint density at radius 3 is 2.85 bits per heavy atom. The SMILES string of the molecule is O=S1(=O)CCC(C(CO)CC2COc3ccccc32)C1. The van der Waals surface area contributed by atoms with Gasteiger partial charge in [-0.15, -0.1) is 0 Å². The van der Waals surface area contributed by atoms with Crippen LogP contribution in [0.4, 0.5) is 0 Å². The van der Waals surface area contributed by atoms with Gasteiger partial charge in [-0.3, -0.25) is 0 Å². The average molecular weight is 296 g/mol. The van der Waals surface area contributed by atoms with Gasteiger partial charge in [0.2, 0.25) is 0 Å². The monoisotopic (exact) mass is 296 g/mol. The van der Waals surface area contributed by atoms with Gasteiger partial charge in [0.1, 0.15) is 5.75 Å². The predicted molar refractivity (Wildman–Crippen MR) is 76.6 cm³/mol. The number of aliphatic hydroxyl groups is 1. The molecular formula is C15H20O4S. The van der Waals surface area contributed by atoms with Crippen LogP contribution >= 0.6 is 0 Å². The minimum Gasteiger partial charge on any atom is -0.493 e. The summed E-state index contributed by atoms with van der Waals surface area (Å²) in [5.41, 5.74) is 1.19. The normalized spacial score (nSPS) is 28.9. The Hall–Kier alpha value is -1.07. The van der Waals surface area contributed by atoms with Crippen molar-refractivity contribution >= 4 is 9.84 Å². The summed E-state index contributed by atoms with van der Waals surface area (Å²) in [6.07, 6.45) is 1.48. The summed E-state index contributed by atoms with van der Waals surface area (Å²) in [7, 11) is -2.89. The lowest BCUT2D eigenvalue weighted by atomic mass is 9.83. The molecule has 3 atom stereocenters. The second-order valence-corrected chi connectivity index (χ2v) is 8.12. The number of para-hydroxylation sites is 1. The number of benzene rings is 1. The number of hydrogen-bond acceptors (Lipinski definition) is 4. The van der Waals surface area contributed by atoms with Gasteiger partial charge < -0.3 is 9.84 Å². The van der Waals surface area contributed by atoms with Crippen LogP contribution in [-0.2, 0) is 9.84 Å². The first-order valence-corrected chi connectivity index (χ1v) is 8.94. The molecule has 110 valence electrons. The quantitative estimate of drug-likeness (QED) is 0.916. The van der Waals surface area contributed by atoms with Crippen molar-refractivity contribution in [1.82, 2.24) is 0 Å². The molecule has 1 aromatic rings. The van der Waals surface area contributed by atoms with E-state index >= 15 is 0 Å². The van der Waals surface area contributed by atoms with Gasteiger partial charge in [-0.2, -0.15) is 0 Å². The van der Waals surface area contributed by atoms with Crippen molar-refractivity contribution in [2.24, 2.45) is 11.8 Å². The van der Waals surface area contributed by atoms with Gasteiger partial charge in [-0.1, -0.05) is 18.2 Å². The number of rotatable bonds is 4. The van der Waals surface area contributed by atoms with Crippen LogP contribution in [0.25, 0.3) is 0 Å². The van der Waals surface area contributed by atoms with Crippen molar-refractivity contribution in [1.29, 1.82) is 0 Å². The van der Waals surface area contributed by atoms with Crippen LogP contribution in [0.5, 0.6) is 5.75 Å². The van der Waals surface area contributed by atoms with Crippen molar-refractivity contribution in [2.45, 2.75) is 18.8 Å². The summed E-state index contributed by atoms with van der Waals surface area (Å²) < 4.78 is 28.8. The van der Waals surface area contributed by atoms with E-state index in [1.54, 1.807) is 0 Å². The van der Waals surface area contributed by atoms with Gasteiger partial charge in [0.05, 0.1) is 18.1 Å². The van der Waals surface area contributed by atoms with Gasteiger partial charge >= 0.3 is 0 Å². The first-order chi connectivity index (χ1) is 9.59. The van der Waals surface area contributed by atoms with Crippen LogP contribution in [0.1, 0.15) is 24.3 Å². The molecule has 1 N–H and O–H groups in total. The molecule has 0 bridgehead atoms. The molecule has 0 spiro atoms. The van der Waals surface area contributed by atoms with Crippen LogP contribution < -0.4 is 4.74 Å². The maximum Gasteiger partial charge on any atom is 0.150 e. The lowest BCUT2D eigenvalue weighted by Gasteiger charge is -2.23. The third-order valence-corrected chi connectivity index (χ3v) is 6.35. The Balaban J connectivity index is 1.71. The Morgan fingerprint density at radius 2 is 2.15 bits per heavy atom. The Kier molecular flexibility index (Phi) is 3.73. The largest absolute Gasteiger partial charge is 0.493 e. The van der Waals surface area contributed by atoms with Crippen molar-refractivity contribution in [3.05, 3.63) is 29.8 Å². The molecule has 2 aliphatic heterocycles. The van der Waals surface area contributed by atoms with Crippen molar-refractivity contribution in [2.75, 3.05) is 24.7 Å². The number of aliphatic hydroxyl groups excluding tert-OH is 1. The van der Waals surface area contributed by atoms with Crippen LogP contribution in [0.3, 0.4) is 0 Å². The van der Waals surface area contributed by atoms with Crippen LogP contribution in [-0.4, -0.2) is 38.2 Å². The molecule has 0 aromatic heterocycles. The second-order valence-electron chi connectivity index (χ2n) is 5.89. The number of ether oxygens (including phenoxy) is 1. The van der Waals surface area contributed by atoms with Gasteiger partial charge in [-0.05, 0) is 30.7 Å². The summed E-state index contributed by atoms with van der Waals surface area (Å²) in [6, 6.07) is 7.97. The van der Waals surface area contributed by atoms with Crippen LogP contribution in [0.2, 0.25) is 0 Å². The zero-order chi connectivity index (χ0) is 14.2. The fourth-order valence-corrected chi connectivity index (χ4v) is 5.32. The molecule has 5 heteroatoms. The number of hydrogen-bond donors (Lipinski definition) is 1. The predicted octanol–water partition coefficient (Wildman–Crippen LogP) is 1.60. The number of sulfone groups is 1. The Morgan fingerprint density at radius 1 is 1.35 bits per heavy atom. The first-order valence-electron chi connectivity index (χ1n) is 7.12. The average Bonchev–Trinajstić information content (AvgIpc) is 2.99. The first kappa shape index (κ1) is 13.9. The molecule has 3 rings (SSSR count). The highest BCUT2D eigenvalue weighted by Gasteiger charge is 2.36. The second kappa shape index (κ2) is 5.37. The fourth-order valence-electron chi connectivity index (χ4n) is 3.40.